The molecule has 0 unspecified atom stereocenters. The molecule has 0 heterocycles. The van der Waals surface area contributed by atoms with Crippen molar-refractivity contribution in [3.63, 3.8) is 0 Å². The number of oxime groups is 4. The smallest absolute Gasteiger partial charge is 0.870 e. The number of benzene rings is 5. The Kier molecular flexibility index (Phi) is 68.4. The second kappa shape index (κ2) is 63.8. The van der Waals surface area contributed by atoms with Gasteiger partial charge >= 0.3 is 71.6 Å². The number of ether oxygens (including phenoxy) is 4. The van der Waals surface area contributed by atoms with Gasteiger partial charge in [-0.1, -0.05) is 116 Å². The maximum Gasteiger partial charge on any atom is 3.00 e. The van der Waals surface area contributed by atoms with Gasteiger partial charge in [-0.25, -0.2) is 0 Å². The average Bonchev–Trinajstić information content (AvgIpc) is 1.04. The number of aromatic carboxylic acids is 2. The monoisotopic (exact) mass is 1710 g/mol. The molecule has 0 fully saturated rings. The van der Waals surface area contributed by atoms with Crippen LogP contribution < -0.4 is 49.6 Å². The molecule has 0 aromatic heterocycles. The van der Waals surface area contributed by atoms with Crippen molar-refractivity contribution >= 4 is 49.6 Å². The number of hydrogen-bond donors (Lipinski definition) is 0. The molecule has 40 nitrogen and oxygen atoms in total. The third-order valence-corrected chi connectivity index (χ3v) is 8.29. The fraction of sp³-hybridized carbons (Fsp3) is 0.240. The van der Waals surface area contributed by atoms with Crippen molar-refractivity contribution in [2.45, 2.75) is 0 Å². The van der Waals surface area contributed by atoms with Crippen LogP contribution in [-0.4, -0.2) is 163 Å². The fourth-order valence-electron chi connectivity index (χ4n) is 4.66. The van der Waals surface area contributed by atoms with Gasteiger partial charge in [0.25, 0.3) is 0 Å². The minimum atomic E-state index is -1.75. The average molecular weight is 1710 g/mol. The summed E-state index contributed by atoms with van der Waals surface area (Å²) in [4.78, 5) is 95.1. The Hall–Kier alpha value is -9.38. The first-order valence-corrected chi connectivity index (χ1v) is 23.4. The molecule has 5 aromatic carbocycles. The Morgan fingerprint density at radius 2 is 0.574 bits per heavy atom. The molecule has 2 radical (unpaired) electrons. The first-order valence-electron chi connectivity index (χ1n) is 23.4. The van der Waals surface area contributed by atoms with Crippen LogP contribution in [0.5, 0.6) is 46.0 Å². The van der Waals surface area contributed by atoms with Crippen molar-refractivity contribution in [1.82, 2.24) is 9.80 Å². The van der Waals surface area contributed by atoms with E-state index in [2.05, 4.69) is 20.6 Å². The summed E-state index contributed by atoms with van der Waals surface area (Å²) in [5, 5.41) is 142. The van der Waals surface area contributed by atoms with Crippen LogP contribution in [0.4, 0.5) is 0 Å². The molecule has 0 saturated heterocycles. The number of amides is 2. The van der Waals surface area contributed by atoms with Gasteiger partial charge < -0.3 is 150 Å². The Balaban J connectivity index is -0.000000167. The third-order valence-electron chi connectivity index (χ3n) is 8.29. The van der Waals surface area contributed by atoms with Crippen molar-refractivity contribution < 1.29 is 219 Å². The van der Waals surface area contributed by atoms with E-state index in [1.165, 1.54) is 63.1 Å². The molecule has 0 aliphatic rings. The first-order chi connectivity index (χ1) is 42.4. The van der Waals surface area contributed by atoms with Crippen LogP contribution >= 0.6 is 0 Å². The SMILES string of the molecule is CN(C)C=O.CN(C)C=O.COc1cccc(/C=N/OCCO/N=C/c2cccc(OC)c2[O-])c1[O-].COc1cccc(/C=N/OCCO/N=C/c2cccc(OC)c2[O-])c1[O-].O=C([O-])c1ccc(C(=O)[O-])cc1.O=[N+]([O-])[O-].O=[N+]([O-])[O-].O=[N+]([O-])[O-].O=[N+]([O-])[O-].[Ni+2].[Ni+3].[Tb+3].[Tb]. The van der Waals surface area contributed by atoms with Crippen molar-refractivity contribution in [3.8, 4) is 46.0 Å². The van der Waals surface area contributed by atoms with Crippen LogP contribution in [0.1, 0.15) is 43.0 Å². The standard InChI is InChI=1S/2C18H20N2O6.C8H6O4.2C3H7NO.4NO3.2Ni.2Tb/c2*1-23-15-7-3-5-13(17(15)21)11-19-25-9-10-26-20-12-14-6-4-8-16(24-2)18(14)22;9-7(10)5-1-2-6(4-3-5)8(11)12;2*1-4(2)3-5;4*2-1(3)4;;;;/h2*3-8,11-12,21-22H,9-10H2,1-2H3;1-4H,(H,9,10)(H,11,12);2*3H,1-2H3;;;;;;;;/q;;;;;4*-1;+2;+3;;+3/p-6/b2*19-11+,20-12+;;;;;;;;;;;. The third kappa shape index (κ3) is 56.6. The molecule has 44 heteroatoms. The van der Waals surface area contributed by atoms with Crippen molar-refractivity contribution in [3.05, 3.63) is 192 Å². The second-order valence-electron chi connectivity index (χ2n) is 15.0. The molecule has 0 aliphatic heterocycles. The van der Waals surface area contributed by atoms with Gasteiger partial charge in [-0.15, -0.1) is 0 Å². The van der Waals surface area contributed by atoms with E-state index >= 15 is 0 Å². The maximum atomic E-state index is 11.9. The summed E-state index contributed by atoms with van der Waals surface area (Å²) in [7, 11) is 12.4. The molecule has 5 aromatic rings. The molecular formula is C50H54N10Ni2O30Tb2-2. The van der Waals surface area contributed by atoms with Gasteiger partial charge in [0.2, 0.25) is 12.8 Å². The van der Waals surface area contributed by atoms with Crippen molar-refractivity contribution in [2.24, 2.45) is 20.6 Å². The quantitative estimate of drug-likeness (QED) is 0.0208. The zero-order valence-electron chi connectivity index (χ0n) is 49.5. The molecular weight excluding hydrogens is 1660 g/mol. The van der Waals surface area contributed by atoms with Gasteiger partial charge in [0.15, 0.2) is 26.4 Å². The first kappa shape index (κ1) is 101. The van der Waals surface area contributed by atoms with Gasteiger partial charge in [0, 0.05) is 66.8 Å². The number of rotatable bonds is 22. The largest absolute Gasteiger partial charge is 3.00 e. The summed E-state index contributed by atoms with van der Waals surface area (Å²) in [6, 6.07) is 24.0. The molecule has 0 N–H and O–H groups in total. The van der Waals surface area contributed by atoms with Crippen molar-refractivity contribution in [2.75, 3.05) is 83.1 Å². The van der Waals surface area contributed by atoms with Crippen LogP contribution in [0.15, 0.2) is 118 Å². The van der Waals surface area contributed by atoms with Gasteiger partial charge in [-0.3, -0.25) is 9.59 Å². The van der Waals surface area contributed by atoms with Crippen molar-refractivity contribution in [1.29, 1.82) is 0 Å². The zero-order chi connectivity index (χ0) is 69.6. The number of carboxylic acid groups (broad SMARTS) is 2. The summed E-state index contributed by atoms with van der Waals surface area (Å²) in [6.45, 7) is 0.478. The van der Waals surface area contributed by atoms with Gasteiger partial charge in [-0.05, 0) is 57.6 Å². The summed E-state index contributed by atoms with van der Waals surface area (Å²) in [5.41, 5.74) is 1.29. The Morgan fingerprint density at radius 1 is 0.415 bits per heavy atom. The topological polar surface area (TPSA) is 601 Å². The molecule has 2 amide bonds. The van der Waals surface area contributed by atoms with E-state index < -0.39 is 32.3 Å². The Labute approximate surface area is 614 Å². The predicted octanol–water partition coefficient (Wildman–Crippen LogP) is -0.635. The minimum absolute atomic E-state index is 0. The fourth-order valence-corrected chi connectivity index (χ4v) is 4.66. The van der Waals surface area contributed by atoms with E-state index in [1.54, 1.807) is 101 Å². The number of nitrogens with zero attached hydrogens (tertiary/aromatic N) is 10. The number of hydrogen-bond acceptors (Lipinski definition) is 34. The molecule has 94 heavy (non-hydrogen) atoms. The second-order valence-corrected chi connectivity index (χ2v) is 15.0. The van der Waals surface area contributed by atoms with Crippen LogP contribution in [0, 0.1) is 139 Å². The van der Waals surface area contributed by atoms with Crippen LogP contribution in [0.3, 0.4) is 0 Å². The molecule has 5 rings (SSSR count). The Bertz CT molecular complexity index is 2700. The molecule has 0 bridgehead atoms. The number of para-hydroxylation sites is 4. The van der Waals surface area contributed by atoms with E-state index in [4.69, 9.17) is 99.6 Å². The minimum Gasteiger partial charge on any atom is -0.870 e. The molecule has 0 aliphatic carbocycles. The summed E-state index contributed by atoms with van der Waals surface area (Å²) < 4.78 is 19.7. The van der Waals surface area contributed by atoms with Crippen LogP contribution in [-0.2, 0) is 61.9 Å². The van der Waals surface area contributed by atoms with Crippen LogP contribution in [0.2, 0.25) is 0 Å². The summed E-state index contributed by atoms with van der Waals surface area (Å²) in [6.07, 6.45) is 6.70. The van der Waals surface area contributed by atoms with Crippen LogP contribution in [0.25, 0.3) is 0 Å². The molecule has 0 saturated carbocycles. The number of methoxy groups -OCH3 is 4. The number of carboxylic acids is 2. The molecule has 524 valence electrons. The Morgan fingerprint density at radius 3 is 0.702 bits per heavy atom. The van der Waals surface area contributed by atoms with Gasteiger partial charge in [0.05, 0.1) is 85.6 Å². The number of carbonyl (C=O) groups is 4. The number of carbonyl (C=O) groups excluding carboxylic acids is 4. The maximum absolute atomic E-state index is 11.9. The summed E-state index contributed by atoms with van der Waals surface area (Å²) >= 11 is 0. The molecule has 0 atom stereocenters. The molecule has 0 spiro atoms. The van der Waals surface area contributed by atoms with E-state index in [1.807, 2.05) is 0 Å². The van der Waals surface area contributed by atoms with Gasteiger partial charge in [0.1, 0.15) is 23.0 Å². The van der Waals surface area contributed by atoms with E-state index in [0.29, 0.717) is 22.3 Å². The summed E-state index contributed by atoms with van der Waals surface area (Å²) in [5.74, 6) is -2.79. The predicted molar refractivity (Wildman–Crippen MR) is 300 cm³/mol. The van der Waals surface area contributed by atoms with E-state index in [9.17, 15) is 49.8 Å². The van der Waals surface area contributed by atoms with E-state index in [0.717, 1.165) is 37.1 Å². The zero-order valence-corrected chi connectivity index (χ0v) is 55.8. The normalized spacial score (nSPS) is 9.02. The van der Waals surface area contributed by atoms with Gasteiger partial charge in [-0.2, -0.15) is 0 Å². The van der Waals surface area contributed by atoms with E-state index in [-0.39, 0.29) is 194 Å².